The number of anilines is 2. The molecule has 2 atom stereocenters. The molecule has 166 valence electrons. The van der Waals surface area contributed by atoms with Crippen LogP contribution in [0.3, 0.4) is 0 Å². The number of morpholine rings is 1. The van der Waals surface area contributed by atoms with E-state index in [1.807, 2.05) is 12.3 Å². The lowest BCUT2D eigenvalue weighted by molar-refractivity contribution is 0.0985. The summed E-state index contributed by atoms with van der Waals surface area (Å²) in [6.07, 6.45) is 8.15. The van der Waals surface area contributed by atoms with Gasteiger partial charge in [-0.3, -0.25) is 0 Å². The summed E-state index contributed by atoms with van der Waals surface area (Å²) < 4.78 is 23.4. The van der Waals surface area contributed by atoms with E-state index in [9.17, 15) is 4.21 Å². The fourth-order valence-electron chi connectivity index (χ4n) is 4.30. The van der Waals surface area contributed by atoms with Crippen molar-refractivity contribution in [1.29, 1.82) is 0 Å². The van der Waals surface area contributed by atoms with Crippen LogP contribution < -0.4 is 9.80 Å². The molecule has 8 nitrogen and oxygen atoms in total. The fraction of sp³-hybridized carbons (Fsp3) is 0.545. The summed E-state index contributed by atoms with van der Waals surface area (Å²) in [4.78, 5) is 17.4. The van der Waals surface area contributed by atoms with Crippen molar-refractivity contribution < 1.29 is 8.95 Å². The quantitative estimate of drug-likeness (QED) is 0.766. The largest absolute Gasteiger partial charge is 0.377 e. The Labute approximate surface area is 183 Å². The molecule has 2 aromatic rings. The zero-order chi connectivity index (χ0) is 21.6. The van der Waals surface area contributed by atoms with Crippen molar-refractivity contribution in [2.75, 3.05) is 55.2 Å². The Kier molecular flexibility index (Phi) is 5.26. The molecule has 2 aromatic heterocycles. The summed E-state index contributed by atoms with van der Waals surface area (Å²) in [6.45, 7) is 4.99. The van der Waals surface area contributed by atoms with Crippen molar-refractivity contribution in [3.63, 3.8) is 0 Å². The first kappa shape index (κ1) is 20.5. The Morgan fingerprint density at radius 1 is 1.35 bits per heavy atom. The zero-order valence-corrected chi connectivity index (χ0v) is 19.2. The fourth-order valence-corrected chi connectivity index (χ4v) is 6.07. The second-order valence-electron chi connectivity index (χ2n) is 8.92. The Balaban J connectivity index is 1.60. The lowest BCUT2D eigenvalue weighted by Crippen LogP contribution is -2.44. The molecule has 2 fully saturated rings. The van der Waals surface area contributed by atoms with E-state index < -0.39 is 9.73 Å². The van der Waals surface area contributed by atoms with Crippen LogP contribution in [-0.2, 0) is 14.5 Å². The van der Waals surface area contributed by atoms with E-state index in [2.05, 4.69) is 45.3 Å². The van der Waals surface area contributed by atoms with Gasteiger partial charge in [-0.05, 0) is 31.7 Å². The first-order chi connectivity index (χ1) is 14.9. The van der Waals surface area contributed by atoms with Crippen molar-refractivity contribution in [2.24, 2.45) is 10.3 Å². The lowest BCUT2D eigenvalue weighted by Gasteiger charge is -2.34. The number of nitrogens with one attached hydrogen (secondary N) is 1. The number of ether oxygens (including phenoxy) is 1. The average Bonchev–Trinajstić information content (AvgIpc) is 3.37. The molecule has 0 radical (unpaired) electrons. The maximum absolute atomic E-state index is 13.2. The highest BCUT2D eigenvalue weighted by Crippen LogP contribution is 2.35. The highest BCUT2D eigenvalue weighted by atomic mass is 32.2. The third-order valence-electron chi connectivity index (χ3n) is 6.10. The van der Waals surface area contributed by atoms with Gasteiger partial charge in [0.2, 0.25) is 0 Å². The van der Waals surface area contributed by atoms with Crippen molar-refractivity contribution in [3.05, 3.63) is 35.8 Å². The van der Waals surface area contributed by atoms with Crippen LogP contribution in [-0.4, -0.2) is 70.6 Å². The topological polar surface area (TPSA) is 86.7 Å². The van der Waals surface area contributed by atoms with E-state index in [1.54, 1.807) is 6.26 Å². The molecule has 0 amide bonds. The molecule has 1 aliphatic carbocycles. The van der Waals surface area contributed by atoms with E-state index in [4.69, 9.17) is 14.7 Å². The number of hydrogen-bond donors (Lipinski definition) is 1. The van der Waals surface area contributed by atoms with Crippen LogP contribution in [0.4, 0.5) is 17.5 Å². The summed E-state index contributed by atoms with van der Waals surface area (Å²) in [7, 11) is -0.275. The first-order valence-electron chi connectivity index (χ1n) is 10.9. The number of H-pyrrole nitrogens is 1. The molecular weight excluding hydrogens is 412 g/mol. The molecule has 1 saturated carbocycles. The van der Waals surface area contributed by atoms with Crippen LogP contribution in [0.1, 0.15) is 31.2 Å². The number of likely N-dealkylation sites (N-methyl/N-ethyl adjacent to an activating group) is 1. The molecule has 2 aliphatic heterocycles. The van der Waals surface area contributed by atoms with E-state index in [0.29, 0.717) is 36.5 Å². The minimum absolute atomic E-state index is 0.205. The Bertz CT molecular complexity index is 1130. The third-order valence-corrected chi connectivity index (χ3v) is 7.76. The summed E-state index contributed by atoms with van der Waals surface area (Å²) >= 11 is 0. The van der Waals surface area contributed by atoms with Crippen LogP contribution in [0.5, 0.6) is 0 Å². The second kappa shape index (κ2) is 7.94. The van der Waals surface area contributed by atoms with Gasteiger partial charge >= 0.3 is 0 Å². The second-order valence-corrected chi connectivity index (χ2v) is 11.4. The van der Waals surface area contributed by atoms with Gasteiger partial charge < -0.3 is 19.5 Å². The minimum atomic E-state index is -2.33. The van der Waals surface area contributed by atoms with Gasteiger partial charge in [-0.25, -0.2) is 14.2 Å². The van der Waals surface area contributed by atoms with Gasteiger partial charge in [-0.1, -0.05) is 6.08 Å². The molecular formula is C22H30N6O2S. The summed E-state index contributed by atoms with van der Waals surface area (Å²) in [5, 5.41) is 0. The SMILES string of the molecule is C[C@@H]1COCCN1c1cc(N=S(C)(=O)CC2CC2)nc(C2=CCN(C)c3[nH]ccc32)n1. The molecule has 1 unspecified atom stereocenters. The number of aromatic nitrogens is 3. The Morgan fingerprint density at radius 2 is 2.19 bits per heavy atom. The number of fused-ring (bicyclic) bond motifs is 1. The molecule has 1 saturated heterocycles. The van der Waals surface area contributed by atoms with Crippen LogP contribution in [0.2, 0.25) is 0 Å². The van der Waals surface area contributed by atoms with Gasteiger partial charge in [0.25, 0.3) is 0 Å². The van der Waals surface area contributed by atoms with E-state index >= 15 is 0 Å². The van der Waals surface area contributed by atoms with Gasteiger partial charge in [0.1, 0.15) is 11.6 Å². The number of nitrogens with zero attached hydrogens (tertiary/aromatic N) is 5. The van der Waals surface area contributed by atoms with E-state index in [1.165, 1.54) is 0 Å². The molecule has 0 bridgehead atoms. The molecule has 0 spiro atoms. The van der Waals surface area contributed by atoms with Gasteiger partial charge in [0.15, 0.2) is 11.6 Å². The van der Waals surface area contributed by atoms with Gasteiger partial charge in [-0.15, -0.1) is 0 Å². The van der Waals surface area contributed by atoms with Crippen molar-refractivity contribution >= 4 is 32.8 Å². The van der Waals surface area contributed by atoms with Crippen LogP contribution in [0.25, 0.3) is 5.57 Å². The predicted molar refractivity (Wildman–Crippen MR) is 125 cm³/mol. The number of aromatic amines is 1. The molecule has 3 aliphatic rings. The van der Waals surface area contributed by atoms with Crippen molar-refractivity contribution in [2.45, 2.75) is 25.8 Å². The summed E-state index contributed by atoms with van der Waals surface area (Å²) in [5.74, 6) is 4.19. The Hall–Kier alpha value is -2.39. The molecule has 31 heavy (non-hydrogen) atoms. The van der Waals surface area contributed by atoms with Crippen molar-refractivity contribution in [3.8, 4) is 0 Å². The molecule has 4 heterocycles. The van der Waals surface area contributed by atoms with Crippen molar-refractivity contribution in [1.82, 2.24) is 15.0 Å². The monoisotopic (exact) mass is 442 g/mol. The Morgan fingerprint density at radius 3 is 2.97 bits per heavy atom. The smallest absolute Gasteiger partial charge is 0.167 e. The third kappa shape index (κ3) is 4.34. The van der Waals surface area contributed by atoms with E-state index in [0.717, 1.165) is 48.7 Å². The first-order valence-corrected chi connectivity index (χ1v) is 13.0. The summed E-state index contributed by atoms with van der Waals surface area (Å²) in [5.41, 5.74) is 2.06. The molecule has 9 heteroatoms. The van der Waals surface area contributed by atoms with Gasteiger partial charge in [-0.2, -0.15) is 4.36 Å². The predicted octanol–water partition coefficient (Wildman–Crippen LogP) is 3.05. The average molecular weight is 443 g/mol. The highest BCUT2D eigenvalue weighted by molar-refractivity contribution is 7.93. The minimum Gasteiger partial charge on any atom is -0.377 e. The maximum Gasteiger partial charge on any atom is 0.167 e. The normalized spacial score (nSPS) is 23.2. The molecule has 5 rings (SSSR count). The summed E-state index contributed by atoms with van der Waals surface area (Å²) in [6, 6.07) is 4.14. The highest BCUT2D eigenvalue weighted by Gasteiger charge is 2.27. The van der Waals surface area contributed by atoms with Gasteiger partial charge in [0.05, 0.1) is 29.0 Å². The zero-order valence-electron chi connectivity index (χ0n) is 18.4. The standard InChI is InChI=1S/C22H30N6O2S/c1-15-13-30-11-10-28(15)20-12-19(26-31(3,29)14-16-4-5-16)24-21(25-20)17-7-9-27(2)22-18(17)6-8-23-22/h6-8,12,15-16,23H,4-5,9-11,13-14H2,1-3H3/t15-,31?/m1/s1. The number of hydrogen-bond acceptors (Lipinski definition) is 7. The van der Waals surface area contributed by atoms with Gasteiger partial charge in [0, 0.05) is 55.5 Å². The molecule has 1 N–H and O–H groups in total. The number of rotatable bonds is 5. The van der Waals surface area contributed by atoms with Crippen LogP contribution in [0.15, 0.2) is 28.8 Å². The lowest BCUT2D eigenvalue weighted by atomic mass is 10.0. The van der Waals surface area contributed by atoms with Crippen LogP contribution in [0, 0.1) is 5.92 Å². The van der Waals surface area contributed by atoms with Crippen LogP contribution >= 0.6 is 0 Å². The maximum atomic E-state index is 13.2. The van der Waals surface area contributed by atoms with E-state index in [-0.39, 0.29) is 6.04 Å². The molecule has 0 aromatic carbocycles.